The summed E-state index contributed by atoms with van der Waals surface area (Å²) in [5, 5.41) is 9.76. The standard InChI is InChI=1S/C15H26O/c1-14(2)7-4-8-15(3)11-6-5-10(13(11)14)12(15)9-16/h10-13,16H,4-9H2,1-3H3/t10-,11-,12-,13?,15-/m1/s1. The van der Waals surface area contributed by atoms with Crippen molar-refractivity contribution in [3.63, 3.8) is 0 Å². The highest BCUT2D eigenvalue weighted by atomic mass is 16.3. The molecule has 1 N–H and O–H groups in total. The van der Waals surface area contributed by atoms with Crippen LogP contribution in [0.4, 0.5) is 0 Å². The molecule has 3 saturated carbocycles. The maximum Gasteiger partial charge on any atom is 0.0467 e. The van der Waals surface area contributed by atoms with Crippen molar-refractivity contribution < 1.29 is 5.11 Å². The van der Waals surface area contributed by atoms with Crippen molar-refractivity contribution in [3.8, 4) is 0 Å². The summed E-state index contributed by atoms with van der Waals surface area (Å²) in [5.74, 6) is 3.25. The largest absolute Gasteiger partial charge is 0.396 e. The van der Waals surface area contributed by atoms with E-state index in [0.717, 1.165) is 17.8 Å². The van der Waals surface area contributed by atoms with Gasteiger partial charge in [-0.15, -0.1) is 0 Å². The van der Waals surface area contributed by atoms with E-state index in [1.807, 2.05) is 0 Å². The predicted octanol–water partition coefficient (Wildman–Crippen LogP) is 3.47. The highest BCUT2D eigenvalue weighted by Crippen LogP contribution is 2.70. The second-order valence-corrected chi connectivity index (χ2v) is 7.51. The fourth-order valence-corrected chi connectivity index (χ4v) is 5.92. The SMILES string of the molecule is CC1(C)CCC[C@]2(C)[C@@H]3CC[C@@H](C31)[C@H]2CO. The van der Waals surface area contributed by atoms with Gasteiger partial charge >= 0.3 is 0 Å². The molecule has 0 aromatic carbocycles. The lowest BCUT2D eigenvalue weighted by Crippen LogP contribution is -2.35. The van der Waals surface area contributed by atoms with Gasteiger partial charge in [0.05, 0.1) is 0 Å². The maximum absolute atomic E-state index is 9.76. The van der Waals surface area contributed by atoms with Crippen molar-refractivity contribution in [1.29, 1.82) is 0 Å². The highest BCUT2D eigenvalue weighted by Gasteiger charge is 2.64. The summed E-state index contributed by atoms with van der Waals surface area (Å²) >= 11 is 0. The minimum absolute atomic E-state index is 0.435. The van der Waals surface area contributed by atoms with Gasteiger partial charge in [0, 0.05) is 6.61 Å². The van der Waals surface area contributed by atoms with Crippen LogP contribution in [-0.2, 0) is 0 Å². The molecule has 16 heavy (non-hydrogen) atoms. The molecule has 1 heteroatoms. The Labute approximate surface area is 99.6 Å². The van der Waals surface area contributed by atoms with Crippen molar-refractivity contribution in [3.05, 3.63) is 0 Å². The Bertz CT molecular complexity index is 296. The van der Waals surface area contributed by atoms with Gasteiger partial charge in [-0.05, 0) is 60.2 Å². The Kier molecular flexibility index (Phi) is 2.25. The monoisotopic (exact) mass is 222 g/mol. The van der Waals surface area contributed by atoms with E-state index in [0.29, 0.717) is 23.4 Å². The van der Waals surface area contributed by atoms with Crippen LogP contribution in [0.1, 0.15) is 52.9 Å². The van der Waals surface area contributed by atoms with Crippen molar-refractivity contribution >= 4 is 0 Å². The smallest absolute Gasteiger partial charge is 0.0467 e. The van der Waals surface area contributed by atoms with E-state index in [9.17, 15) is 5.11 Å². The van der Waals surface area contributed by atoms with E-state index in [1.54, 1.807) is 0 Å². The van der Waals surface area contributed by atoms with Crippen molar-refractivity contribution in [1.82, 2.24) is 0 Å². The topological polar surface area (TPSA) is 20.2 Å². The summed E-state index contributed by atoms with van der Waals surface area (Å²) in [6, 6.07) is 0. The van der Waals surface area contributed by atoms with E-state index >= 15 is 0 Å². The third-order valence-corrected chi connectivity index (χ3v) is 6.55. The summed E-state index contributed by atoms with van der Waals surface area (Å²) in [6.45, 7) is 7.87. The van der Waals surface area contributed by atoms with Crippen LogP contribution in [0.15, 0.2) is 0 Å². The molecule has 3 aliphatic carbocycles. The third-order valence-electron chi connectivity index (χ3n) is 6.55. The van der Waals surface area contributed by atoms with Gasteiger partial charge < -0.3 is 5.11 Å². The summed E-state index contributed by atoms with van der Waals surface area (Å²) in [7, 11) is 0. The molecule has 4 bridgehead atoms. The average Bonchev–Trinajstić information content (AvgIpc) is 2.68. The Morgan fingerprint density at radius 2 is 1.88 bits per heavy atom. The van der Waals surface area contributed by atoms with E-state index < -0.39 is 0 Å². The van der Waals surface area contributed by atoms with Crippen LogP contribution in [0.2, 0.25) is 0 Å². The van der Waals surface area contributed by atoms with Crippen LogP contribution in [0.5, 0.6) is 0 Å². The summed E-state index contributed by atoms with van der Waals surface area (Å²) in [6.07, 6.45) is 6.96. The van der Waals surface area contributed by atoms with Gasteiger partial charge in [0.2, 0.25) is 0 Å². The Morgan fingerprint density at radius 1 is 1.12 bits per heavy atom. The Balaban J connectivity index is 2.04. The zero-order valence-electron chi connectivity index (χ0n) is 11.0. The van der Waals surface area contributed by atoms with E-state index in [4.69, 9.17) is 0 Å². The first-order valence-electron chi connectivity index (χ1n) is 7.11. The molecule has 0 saturated heterocycles. The van der Waals surface area contributed by atoms with Gasteiger partial charge in [-0.3, -0.25) is 0 Å². The quantitative estimate of drug-likeness (QED) is 0.720. The van der Waals surface area contributed by atoms with Crippen LogP contribution in [-0.4, -0.2) is 11.7 Å². The molecular weight excluding hydrogens is 196 g/mol. The van der Waals surface area contributed by atoms with Crippen LogP contribution in [0, 0.1) is 34.5 Å². The lowest BCUT2D eigenvalue weighted by Gasteiger charge is -2.40. The molecule has 0 spiro atoms. The molecule has 1 unspecified atom stereocenters. The first kappa shape index (κ1) is 11.1. The van der Waals surface area contributed by atoms with E-state index in [-0.39, 0.29) is 0 Å². The normalized spacial score (nSPS) is 54.0. The molecular formula is C15H26O. The fraction of sp³-hybridized carbons (Fsp3) is 1.00. The summed E-state index contributed by atoms with van der Waals surface area (Å²) in [5.41, 5.74) is 0.990. The van der Waals surface area contributed by atoms with Crippen molar-refractivity contribution in [2.75, 3.05) is 6.61 Å². The number of aliphatic hydroxyl groups is 1. The average molecular weight is 222 g/mol. The number of hydrogen-bond donors (Lipinski definition) is 1. The second kappa shape index (κ2) is 3.25. The molecule has 3 aliphatic rings. The lowest BCUT2D eigenvalue weighted by atomic mass is 9.65. The molecule has 3 rings (SSSR count). The van der Waals surface area contributed by atoms with Crippen LogP contribution in [0.3, 0.4) is 0 Å². The third kappa shape index (κ3) is 1.16. The highest BCUT2D eigenvalue weighted by molar-refractivity contribution is 5.12. The van der Waals surface area contributed by atoms with Gasteiger partial charge in [-0.25, -0.2) is 0 Å². The molecule has 0 aromatic rings. The minimum atomic E-state index is 0.435. The number of rotatable bonds is 1. The first-order valence-corrected chi connectivity index (χ1v) is 7.11. The summed E-state index contributed by atoms with van der Waals surface area (Å²) < 4.78 is 0. The first-order chi connectivity index (χ1) is 7.50. The molecule has 0 aromatic heterocycles. The predicted molar refractivity (Wildman–Crippen MR) is 66.0 cm³/mol. The van der Waals surface area contributed by atoms with Gasteiger partial charge in [0.25, 0.3) is 0 Å². The zero-order chi connectivity index (χ0) is 11.6. The van der Waals surface area contributed by atoms with Gasteiger partial charge in [0.15, 0.2) is 0 Å². The zero-order valence-corrected chi connectivity index (χ0v) is 11.0. The molecule has 0 amide bonds. The molecule has 92 valence electrons. The number of hydrogen-bond acceptors (Lipinski definition) is 1. The molecule has 0 radical (unpaired) electrons. The number of aliphatic hydroxyl groups excluding tert-OH is 1. The minimum Gasteiger partial charge on any atom is -0.396 e. The molecule has 3 fully saturated rings. The van der Waals surface area contributed by atoms with Gasteiger partial charge in [0.1, 0.15) is 0 Å². The van der Waals surface area contributed by atoms with E-state index in [1.165, 1.54) is 32.1 Å². The van der Waals surface area contributed by atoms with Crippen LogP contribution < -0.4 is 0 Å². The summed E-state index contributed by atoms with van der Waals surface area (Å²) in [4.78, 5) is 0. The Hall–Kier alpha value is -0.0400. The van der Waals surface area contributed by atoms with Crippen LogP contribution >= 0.6 is 0 Å². The molecule has 1 nitrogen and oxygen atoms in total. The van der Waals surface area contributed by atoms with Gasteiger partial charge in [-0.2, -0.15) is 0 Å². The fourth-order valence-electron chi connectivity index (χ4n) is 5.92. The van der Waals surface area contributed by atoms with Gasteiger partial charge in [-0.1, -0.05) is 27.2 Å². The van der Waals surface area contributed by atoms with Crippen LogP contribution in [0.25, 0.3) is 0 Å². The molecule has 5 atom stereocenters. The van der Waals surface area contributed by atoms with Crippen molar-refractivity contribution in [2.45, 2.75) is 52.9 Å². The maximum atomic E-state index is 9.76. The molecule has 0 aliphatic heterocycles. The Morgan fingerprint density at radius 3 is 2.56 bits per heavy atom. The lowest BCUT2D eigenvalue weighted by molar-refractivity contribution is 0.0374. The second-order valence-electron chi connectivity index (χ2n) is 7.51. The van der Waals surface area contributed by atoms with Crippen molar-refractivity contribution in [2.24, 2.45) is 34.5 Å². The molecule has 0 heterocycles. The van der Waals surface area contributed by atoms with E-state index in [2.05, 4.69) is 20.8 Å².